The lowest BCUT2D eigenvalue weighted by molar-refractivity contribution is -0.121. The SMILES string of the molecule is Cc1cc(C)n(CCC(=O)N/N=C\c2ccc(N(C)C)cc2)n1. The minimum atomic E-state index is -0.126. The van der Waals surface area contributed by atoms with Crippen LogP contribution in [0.5, 0.6) is 0 Å². The van der Waals surface area contributed by atoms with Crippen molar-refractivity contribution in [3.63, 3.8) is 0 Å². The van der Waals surface area contributed by atoms with Crippen LogP contribution in [0.1, 0.15) is 23.4 Å². The Morgan fingerprint density at radius 1 is 1.30 bits per heavy atom. The molecule has 0 unspecified atom stereocenters. The Morgan fingerprint density at radius 2 is 2.00 bits per heavy atom. The van der Waals surface area contributed by atoms with Crippen molar-refractivity contribution in [3.05, 3.63) is 47.3 Å². The molecule has 0 saturated carbocycles. The highest BCUT2D eigenvalue weighted by Crippen LogP contribution is 2.10. The molecule has 0 saturated heterocycles. The first-order valence-electron chi connectivity index (χ1n) is 7.56. The highest BCUT2D eigenvalue weighted by Gasteiger charge is 2.04. The smallest absolute Gasteiger partial charge is 0.241 e. The maximum atomic E-state index is 11.8. The Balaban J connectivity index is 1.80. The fourth-order valence-electron chi connectivity index (χ4n) is 2.20. The van der Waals surface area contributed by atoms with Gasteiger partial charge in [-0.05, 0) is 37.6 Å². The Labute approximate surface area is 136 Å². The van der Waals surface area contributed by atoms with E-state index in [4.69, 9.17) is 0 Å². The third kappa shape index (κ3) is 4.95. The lowest BCUT2D eigenvalue weighted by Crippen LogP contribution is -2.20. The number of amides is 1. The van der Waals surface area contributed by atoms with Gasteiger partial charge in [-0.15, -0.1) is 0 Å². The minimum absolute atomic E-state index is 0.126. The summed E-state index contributed by atoms with van der Waals surface area (Å²) in [5.74, 6) is -0.126. The molecule has 2 rings (SSSR count). The van der Waals surface area contributed by atoms with E-state index in [9.17, 15) is 4.79 Å². The van der Waals surface area contributed by atoms with Crippen LogP contribution < -0.4 is 10.3 Å². The zero-order valence-corrected chi connectivity index (χ0v) is 14.1. The molecule has 0 spiro atoms. The summed E-state index contributed by atoms with van der Waals surface area (Å²) in [6.45, 7) is 4.47. The summed E-state index contributed by atoms with van der Waals surface area (Å²) in [6, 6.07) is 9.92. The molecule has 0 atom stereocenters. The molecule has 6 heteroatoms. The fourth-order valence-corrected chi connectivity index (χ4v) is 2.20. The molecule has 2 aromatic rings. The zero-order valence-electron chi connectivity index (χ0n) is 14.1. The average Bonchev–Trinajstić information content (AvgIpc) is 2.83. The van der Waals surface area contributed by atoms with Gasteiger partial charge in [-0.25, -0.2) is 5.43 Å². The summed E-state index contributed by atoms with van der Waals surface area (Å²) in [5.41, 5.74) is 6.62. The number of benzene rings is 1. The van der Waals surface area contributed by atoms with Crippen LogP contribution in [0.15, 0.2) is 35.4 Å². The molecular weight excluding hydrogens is 290 g/mol. The van der Waals surface area contributed by atoms with Crippen molar-refractivity contribution in [2.24, 2.45) is 5.10 Å². The molecule has 0 fully saturated rings. The van der Waals surface area contributed by atoms with Crippen LogP contribution in [-0.4, -0.2) is 36.0 Å². The quantitative estimate of drug-likeness (QED) is 0.656. The van der Waals surface area contributed by atoms with Gasteiger partial charge in [0.05, 0.1) is 18.5 Å². The van der Waals surface area contributed by atoms with Crippen LogP contribution >= 0.6 is 0 Å². The summed E-state index contributed by atoms with van der Waals surface area (Å²) >= 11 is 0. The molecule has 23 heavy (non-hydrogen) atoms. The second-order valence-electron chi connectivity index (χ2n) is 5.68. The van der Waals surface area contributed by atoms with Crippen molar-refractivity contribution in [2.45, 2.75) is 26.8 Å². The van der Waals surface area contributed by atoms with E-state index in [-0.39, 0.29) is 5.91 Å². The van der Waals surface area contributed by atoms with Gasteiger partial charge in [0.15, 0.2) is 0 Å². The van der Waals surface area contributed by atoms with Gasteiger partial charge in [-0.3, -0.25) is 9.48 Å². The number of aryl methyl sites for hydroxylation is 3. The van der Waals surface area contributed by atoms with Crippen molar-refractivity contribution >= 4 is 17.8 Å². The van der Waals surface area contributed by atoms with E-state index in [1.807, 2.05) is 67.9 Å². The van der Waals surface area contributed by atoms with Gasteiger partial charge in [0.25, 0.3) is 0 Å². The number of hydrazone groups is 1. The number of hydrogen-bond acceptors (Lipinski definition) is 4. The Bertz CT molecular complexity index is 686. The van der Waals surface area contributed by atoms with E-state index < -0.39 is 0 Å². The third-order valence-electron chi connectivity index (χ3n) is 3.47. The molecule has 6 nitrogen and oxygen atoms in total. The molecular formula is C17H23N5O. The first-order valence-corrected chi connectivity index (χ1v) is 7.56. The average molecular weight is 313 g/mol. The van der Waals surface area contributed by atoms with Gasteiger partial charge < -0.3 is 4.90 Å². The summed E-state index contributed by atoms with van der Waals surface area (Å²) < 4.78 is 1.83. The number of aromatic nitrogens is 2. The van der Waals surface area contributed by atoms with E-state index in [0.717, 1.165) is 22.6 Å². The van der Waals surface area contributed by atoms with Crippen molar-refractivity contribution in [1.82, 2.24) is 15.2 Å². The van der Waals surface area contributed by atoms with E-state index >= 15 is 0 Å². The molecule has 1 heterocycles. The van der Waals surface area contributed by atoms with Crippen LogP contribution in [0.25, 0.3) is 0 Å². The molecule has 1 N–H and O–H groups in total. The number of hydrogen-bond donors (Lipinski definition) is 1. The van der Waals surface area contributed by atoms with Gasteiger partial charge in [0, 0.05) is 31.9 Å². The molecule has 1 aromatic heterocycles. The number of rotatable bonds is 6. The largest absolute Gasteiger partial charge is 0.378 e. The van der Waals surface area contributed by atoms with Crippen molar-refractivity contribution < 1.29 is 4.79 Å². The van der Waals surface area contributed by atoms with Crippen LogP contribution in [-0.2, 0) is 11.3 Å². The summed E-state index contributed by atoms with van der Waals surface area (Å²) in [4.78, 5) is 13.8. The van der Waals surface area contributed by atoms with Crippen LogP contribution in [0.2, 0.25) is 0 Å². The molecule has 0 aliphatic carbocycles. The predicted molar refractivity (Wildman–Crippen MR) is 92.8 cm³/mol. The molecule has 122 valence electrons. The zero-order chi connectivity index (χ0) is 16.8. The van der Waals surface area contributed by atoms with Gasteiger partial charge in [0.2, 0.25) is 5.91 Å². The summed E-state index contributed by atoms with van der Waals surface area (Å²) in [7, 11) is 3.98. The van der Waals surface area contributed by atoms with Crippen molar-refractivity contribution in [2.75, 3.05) is 19.0 Å². The predicted octanol–water partition coefficient (Wildman–Crippen LogP) is 2.11. The maximum Gasteiger partial charge on any atom is 0.241 e. The van der Waals surface area contributed by atoms with Gasteiger partial charge in [0.1, 0.15) is 0 Å². The molecule has 0 aliphatic heterocycles. The molecule has 0 radical (unpaired) electrons. The molecule has 0 aliphatic rings. The summed E-state index contributed by atoms with van der Waals surface area (Å²) in [5, 5.41) is 8.31. The molecule has 0 bridgehead atoms. The van der Waals surface area contributed by atoms with E-state index in [1.54, 1.807) is 6.21 Å². The topological polar surface area (TPSA) is 62.5 Å². The van der Waals surface area contributed by atoms with Crippen molar-refractivity contribution in [3.8, 4) is 0 Å². The fraction of sp³-hybridized carbons (Fsp3) is 0.353. The second-order valence-corrected chi connectivity index (χ2v) is 5.68. The normalized spacial score (nSPS) is 11.0. The maximum absolute atomic E-state index is 11.8. The highest BCUT2D eigenvalue weighted by molar-refractivity contribution is 5.82. The Hall–Kier alpha value is -2.63. The minimum Gasteiger partial charge on any atom is -0.378 e. The summed E-state index contributed by atoms with van der Waals surface area (Å²) in [6.07, 6.45) is 1.99. The van der Waals surface area contributed by atoms with Gasteiger partial charge >= 0.3 is 0 Å². The lowest BCUT2D eigenvalue weighted by atomic mass is 10.2. The lowest BCUT2D eigenvalue weighted by Gasteiger charge is -2.11. The van der Waals surface area contributed by atoms with E-state index in [1.165, 1.54) is 0 Å². The van der Waals surface area contributed by atoms with Crippen LogP contribution in [0.3, 0.4) is 0 Å². The van der Waals surface area contributed by atoms with Crippen LogP contribution in [0.4, 0.5) is 5.69 Å². The second kappa shape index (κ2) is 7.58. The number of carbonyl (C=O) groups excluding carboxylic acids is 1. The van der Waals surface area contributed by atoms with Gasteiger partial charge in [-0.2, -0.15) is 10.2 Å². The monoisotopic (exact) mass is 313 g/mol. The third-order valence-corrected chi connectivity index (χ3v) is 3.47. The number of nitrogens with zero attached hydrogens (tertiary/aromatic N) is 4. The van der Waals surface area contributed by atoms with Crippen molar-refractivity contribution in [1.29, 1.82) is 0 Å². The van der Waals surface area contributed by atoms with Gasteiger partial charge in [-0.1, -0.05) is 12.1 Å². The molecule has 1 amide bonds. The molecule has 1 aromatic carbocycles. The number of carbonyl (C=O) groups is 1. The number of anilines is 1. The first kappa shape index (κ1) is 16.7. The Morgan fingerprint density at radius 3 is 2.57 bits per heavy atom. The van der Waals surface area contributed by atoms with Crippen LogP contribution in [0, 0.1) is 13.8 Å². The van der Waals surface area contributed by atoms with E-state index in [2.05, 4.69) is 15.6 Å². The Kier molecular flexibility index (Phi) is 5.51. The first-order chi connectivity index (χ1) is 11.0. The van der Waals surface area contributed by atoms with E-state index in [0.29, 0.717) is 13.0 Å². The highest BCUT2D eigenvalue weighted by atomic mass is 16.2. The number of nitrogens with one attached hydrogen (secondary N) is 1. The standard InChI is InChI=1S/C17H23N5O/c1-13-11-14(2)22(20-13)10-9-17(23)19-18-12-15-5-7-16(8-6-15)21(3)4/h5-8,11-12H,9-10H2,1-4H3,(H,19,23)/b18-12-.